The van der Waals surface area contributed by atoms with E-state index in [0.29, 0.717) is 11.9 Å². The van der Waals surface area contributed by atoms with Crippen molar-refractivity contribution < 1.29 is 0 Å². The fourth-order valence-corrected chi connectivity index (χ4v) is 1.68. The molecule has 0 aliphatic rings. The second-order valence-corrected chi connectivity index (χ2v) is 4.22. The van der Waals surface area contributed by atoms with E-state index in [9.17, 15) is 0 Å². The molecule has 15 heavy (non-hydrogen) atoms. The van der Waals surface area contributed by atoms with E-state index in [2.05, 4.69) is 35.3 Å². The molecule has 0 aromatic carbocycles. The van der Waals surface area contributed by atoms with Gasteiger partial charge in [0.05, 0.1) is 17.9 Å². The van der Waals surface area contributed by atoms with Gasteiger partial charge in [-0.15, -0.1) is 11.6 Å². The Hall–Kier alpha value is -0.540. The molecule has 1 heterocycles. The van der Waals surface area contributed by atoms with Gasteiger partial charge >= 0.3 is 0 Å². The van der Waals surface area contributed by atoms with E-state index in [1.54, 1.807) is 0 Å². The molecule has 1 atom stereocenters. The van der Waals surface area contributed by atoms with E-state index in [4.69, 9.17) is 11.6 Å². The van der Waals surface area contributed by atoms with Gasteiger partial charge in [0.1, 0.15) is 0 Å². The fourth-order valence-electron chi connectivity index (χ4n) is 1.46. The van der Waals surface area contributed by atoms with E-state index in [0.717, 1.165) is 18.8 Å². The molecule has 0 bridgehead atoms. The number of aromatic nitrogens is 2. The Morgan fingerprint density at radius 2 is 2.33 bits per heavy atom. The van der Waals surface area contributed by atoms with Gasteiger partial charge in [-0.1, -0.05) is 6.92 Å². The van der Waals surface area contributed by atoms with Crippen LogP contribution in [0, 0.1) is 0 Å². The number of imidazole rings is 1. The monoisotopic (exact) mass is 229 g/mol. The largest absolute Gasteiger partial charge is 0.332 e. The van der Waals surface area contributed by atoms with Gasteiger partial charge in [-0.05, 0) is 20.4 Å². The Kier molecular flexibility index (Phi) is 5.12. The summed E-state index contributed by atoms with van der Waals surface area (Å²) in [4.78, 5) is 6.46. The molecule has 0 aliphatic carbocycles. The highest BCUT2D eigenvalue weighted by Gasteiger charge is 2.07. The molecule has 0 amide bonds. The van der Waals surface area contributed by atoms with Crippen LogP contribution in [0.2, 0.25) is 0 Å². The summed E-state index contributed by atoms with van der Waals surface area (Å²) >= 11 is 5.80. The van der Waals surface area contributed by atoms with Gasteiger partial charge in [-0.3, -0.25) is 0 Å². The van der Waals surface area contributed by atoms with Crippen molar-refractivity contribution in [2.75, 3.05) is 13.6 Å². The molecule has 0 aliphatic heterocycles. The Bertz CT molecular complexity index is 285. The molecule has 0 saturated heterocycles. The third-order valence-corrected chi connectivity index (χ3v) is 3.25. The molecule has 0 radical (unpaired) electrons. The maximum atomic E-state index is 5.80. The quantitative estimate of drug-likeness (QED) is 0.699. The second kappa shape index (κ2) is 6.13. The summed E-state index contributed by atoms with van der Waals surface area (Å²) in [6.45, 7) is 6.46. The molecule has 0 fully saturated rings. The molecule has 86 valence electrons. The summed E-state index contributed by atoms with van der Waals surface area (Å²) in [6, 6.07) is 0.632. The van der Waals surface area contributed by atoms with Crippen LogP contribution in [0.3, 0.4) is 0 Å². The van der Waals surface area contributed by atoms with Gasteiger partial charge in [0.25, 0.3) is 0 Å². The van der Waals surface area contributed by atoms with Crippen molar-refractivity contribution in [3.8, 4) is 0 Å². The lowest BCUT2D eigenvalue weighted by Gasteiger charge is -2.23. The average molecular weight is 230 g/mol. The van der Waals surface area contributed by atoms with Gasteiger partial charge in [-0.2, -0.15) is 0 Å². The van der Waals surface area contributed by atoms with Crippen LogP contribution >= 0.6 is 11.6 Å². The van der Waals surface area contributed by atoms with Gasteiger partial charge in [-0.25, -0.2) is 4.98 Å². The molecule has 4 heteroatoms. The van der Waals surface area contributed by atoms with Crippen LogP contribution in [0.1, 0.15) is 26.0 Å². The number of hydrogen-bond acceptors (Lipinski definition) is 2. The zero-order chi connectivity index (χ0) is 11.3. The van der Waals surface area contributed by atoms with Crippen molar-refractivity contribution in [1.29, 1.82) is 0 Å². The first kappa shape index (κ1) is 12.5. The van der Waals surface area contributed by atoms with Crippen molar-refractivity contribution >= 4 is 11.6 Å². The summed E-state index contributed by atoms with van der Waals surface area (Å²) in [5.41, 5.74) is 1.09. The highest BCUT2D eigenvalue weighted by atomic mass is 35.5. The lowest BCUT2D eigenvalue weighted by molar-refractivity contribution is 0.242. The normalized spacial score (nSPS) is 13.4. The third-order valence-electron chi connectivity index (χ3n) is 2.97. The van der Waals surface area contributed by atoms with Gasteiger partial charge in [0.15, 0.2) is 0 Å². The minimum Gasteiger partial charge on any atom is -0.332 e. The molecule has 1 unspecified atom stereocenters. The maximum absolute atomic E-state index is 5.80. The first-order chi connectivity index (χ1) is 7.19. The summed E-state index contributed by atoms with van der Waals surface area (Å²) in [5, 5.41) is 0. The third kappa shape index (κ3) is 3.50. The van der Waals surface area contributed by atoms with Crippen LogP contribution in [-0.2, 0) is 12.4 Å². The predicted molar refractivity (Wildman–Crippen MR) is 64.2 cm³/mol. The molecule has 1 rings (SSSR count). The molecule has 1 aromatic heterocycles. The lowest BCUT2D eigenvalue weighted by Crippen LogP contribution is -2.31. The topological polar surface area (TPSA) is 21.1 Å². The zero-order valence-electron chi connectivity index (χ0n) is 9.78. The van der Waals surface area contributed by atoms with Gasteiger partial charge in [0, 0.05) is 25.3 Å². The Morgan fingerprint density at radius 3 is 2.93 bits per heavy atom. The highest BCUT2D eigenvalue weighted by Crippen LogP contribution is 2.05. The van der Waals surface area contributed by atoms with Crippen molar-refractivity contribution in [3.63, 3.8) is 0 Å². The summed E-state index contributed by atoms with van der Waals surface area (Å²) in [7, 11) is 2.16. The van der Waals surface area contributed by atoms with Gasteiger partial charge < -0.3 is 9.47 Å². The van der Waals surface area contributed by atoms with E-state index in [1.165, 1.54) is 6.42 Å². The molecule has 3 nitrogen and oxygen atoms in total. The van der Waals surface area contributed by atoms with Crippen LogP contribution < -0.4 is 0 Å². The molecule has 0 N–H and O–H groups in total. The van der Waals surface area contributed by atoms with Crippen LogP contribution in [0.4, 0.5) is 0 Å². The smallest absolute Gasteiger partial charge is 0.0948 e. The Balaban J connectivity index is 2.43. The number of hydrogen-bond donors (Lipinski definition) is 0. The minimum absolute atomic E-state index is 0.535. The maximum Gasteiger partial charge on any atom is 0.0948 e. The van der Waals surface area contributed by atoms with Gasteiger partial charge in [0.2, 0.25) is 0 Å². The van der Waals surface area contributed by atoms with Crippen molar-refractivity contribution in [1.82, 2.24) is 14.5 Å². The highest BCUT2D eigenvalue weighted by molar-refractivity contribution is 6.16. The fraction of sp³-hybridized carbons (Fsp3) is 0.727. The van der Waals surface area contributed by atoms with Crippen LogP contribution in [0.25, 0.3) is 0 Å². The number of alkyl halides is 1. The summed E-state index contributed by atoms with van der Waals surface area (Å²) < 4.78 is 2.12. The van der Waals surface area contributed by atoms with E-state index in [1.807, 2.05) is 12.5 Å². The second-order valence-electron chi connectivity index (χ2n) is 3.95. The zero-order valence-corrected chi connectivity index (χ0v) is 10.5. The van der Waals surface area contributed by atoms with Crippen LogP contribution in [-0.4, -0.2) is 34.1 Å². The minimum atomic E-state index is 0.535. The average Bonchev–Trinajstić information content (AvgIpc) is 2.71. The number of nitrogens with zero attached hydrogens (tertiary/aromatic N) is 3. The van der Waals surface area contributed by atoms with E-state index < -0.39 is 0 Å². The summed E-state index contributed by atoms with van der Waals surface area (Å²) in [6.07, 6.45) is 4.86. The van der Waals surface area contributed by atoms with Crippen molar-refractivity contribution in [2.45, 2.75) is 38.7 Å². The van der Waals surface area contributed by atoms with Crippen LogP contribution in [0.15, 0.2) is 12.5 Å². The lowest BCUT2D eigenvalue weighted by atomic mass is 10.2. The van der Waals surface area contributed by atoms with E-state index in [-0.39, 0.29) is 0 Å². The summed E-state index contributed by atoms with van der Waals surface area (Å²) in [5.74, 6) is 0.535. The first-order valence-corrected chi connectivity index (χ1v) is 5.97. The number of likely N-dealkylation sites (N-methyl/N-ethyl adjacent to an activating group) is 1. The predicted octanol–water partition coefficient (Wildman–Crippen LogP) is 2.35. The molecular weight excluding hydrogens is 210 g/mol. The standard InChI is InChI=1S/C11H20ClN3/c1-4-10(2)14(3)5-6-15-9-13-8-11(15)7-12/h8-10H,4-7H2,1-3H3. The number of rotatable bonds is 6. The molecule has 0 saturated carbocycles. The van der Waals surface area contributed by atoms with Crippen molar-refractivity contribution in [2.24, 2.45) is 0 Å². The molecule has 1 aromatic rings. The van der Waals surface area contributed by atoms with Crippen molar-refractivity contribution in [3.05, 3.63) is 18.2 Å². The number of halogens is 1. The molecule has 0 spiro atoms. The Morgan fingerprint density at radius 1 is 1.60 bits per heavy atom. The first-order valence-electron chi connectivity index (χ1n) is 5.44. The van der Waals surface area contributed by atoms with E-state index >= 15 is 0 Å². The Labute approximate surface area is 97.1 Å². The van der Waals surface area contributed by atoms with Crippen LogP contribution in [0.5, 0.6) is 0 Å². The SMILES string of the molecule is CCC(C)N(C)CCn1cncc1CCl. The molecular formula is C11H20ClN3.